The van der Waals surface area contributed by atoms with Gasteiger partial charge >= 0.3 is 0 Å². The van der Waals surface area contributed by atoms with Crippen LogP contribution in [-0.4, -0.2) is 56.4 Å². The van der Waals surface area contributed by atoms with Crippen LogP contribution in [0.4, 0.5) is 0 Å². The second-order valence-corrected chi connectivity index (χ2v) is 7.69. The van der Waals surface area contributed by atoms with Gasteiger partial charge in [0.15, 0.2) is 5.96 Å². The quantitative estimate of drug-likeness (QED) is 0.649. The monoisotopic (exact) mass is 370 g/mol. The lowest BCUT2D eigenvalue weighted by Crippen LogP contribution is -2.49. The standard InChI is InChI=1S/C21H30N4O2/c1-22-20(23-15-21(11-7-8-12-21)19(26)24(2)3)25(4)14-17-13-16-9-5-6-10-18(16)27-17/h5-6,9-10,13H,7-8,11-12,14-15H2,1-4H3,(H,22,23). The fourth-order valence-electron chi connectivity index (χ4n) is 4.05. The average Bonchev–Trinajstić information content (AvgIpc) is 3.28. The molecule has 0 saturated heterocycles. The van der Waals surface area contributed by atoms with E-state index in [1.165, 1.54) is 0 Å². The highest BCUT2D eigenvalue weighted by atomic mass is 16.3. The van der Waals surface area contributed by atoms with E-state index < -0.39 is 0 Å². The van der Waals surface area contributed by atoms with Gasteiger partial charge in [0, 0.05) is 40.1 Å². The van der Waals surface area contributed by atoms with Gasteiger partial charge in [0.05, 0.1) is 12.0 Å². The summed E-state index contributed by atoms with van der Waals surface area (Å²) in [6.45, 7) is 1.23. The minimum atomic E-state index is -0.320. The van der Waals surface area contributed by atoms with Gasteiger partial charge in [0.1, 0.15) is 11.3 Å². The number of carbonyl (C=O) groups excluding carboxylic acids is 1. The highest BCUT2D eigenvalue weighted by Crippen LogP contribution is 2.39. The molecular formula is C21H30N4O2. The SMILES string of the molecule is CN=C(NCC1(C(=O)N(C)C)CCCC1)N(C)Cc1cc2ccccc2o1. The van der Waals surface area contributed by atoms with E-state index in [0.717, 1.165) is 48.4 Å². The molecule has 1 aliphatic carbocycles. The predicted octanol–water partition coefficient (Wildman–Crippen LogP) is 3.09. The highest BCUT2D eigenvalue weighted by Gasteiger charge is 2.42. The Hall–Kier alpha value is -2.50. The Morgan fingerprint density at radius 2 is 1.93 bits per heavy atom. The van der Waals surface area contributed by atoms with E-state index in [-0.39, 0.29) is 11.3 Å². The molecule has 2 aromatic rings. The van der Waals surface area contributed by atoms with Crippen LogP contribution < -0.4 is 5.32 Å². The molecule has 1 aliphatic rings. The fraction of sp³-hybridized carbons (Fsp3) is 0.524. The van der Waals surface area contributed by atoms with Crippen LogP contribution in [0.3, 0.4) is 0 Å². The Bertz CT molecular complexity index is 785. The summed E-state index contributed by atoms with van der Waals surface area (Å²) in [5.74, 6) is 1.87. The maximum Gasteiger partial charge on any atom is 0.230 e. The van der Waals surface area contributed by atoms with Crippen molar-refractivity contribution >= 4 is 22.8 Å². The number of guanidine groups is 1. The molecule has 0 unspecified atom stereocenters. The number of amides is 1. The summed E-state index contributed by atoms with van der Waals surface area (Å²) in [6, 6.07) is 10.1. The van der Waals surface area contributed by atoms with E-state index >= 15 is 0 Å². The van der Waals surface area contributed by atoms with Crippen LogP contribution >= 0.6 is 0 Å². The molecule has 1 saturated carbocycles. The molecule has 1 fully saturated rings. The molecule has 27 heavy (non-hydrogen) atoms. The molecule has 1 aromatic heterocycles. The minimum absolute atomic E-state index is 0.211. The van der Waals surface area contributed by atoms with Gasteiger partial charge in [-0.3, -0.25) is 9.79 Å². The number of rotatable bonds is 5. The van der Waals surface area contributed by atoms with Crippen molar-refractivity contribution in [1.82, 2.24) is 15.1 Å². The molecule has 6 nitrogen and oxygen atoms in total. The Morgan fingerprint density at radius 3 is 2.56 bits per heavy atom. The van der Waals surface area contributed by atoms with E-state index in [0.29, 0.717) is 13.1 Å². The molecule has 1 amide bonds. The third-order valence-corrected chi connectivity index (χ3v) is 5.45. The Kier molecular flexibility index (Phi) is 5.73. The van der Waals surface area contributed by atoms with Crippen LogP contribution in [0.1, 0.15) is 31.4 Å². The van der Waals surface area contributed by atoms with Gasteiger partial charge < -0.3 is 19.5 Å². The molecule has 6 heteroatoms. The lowest BCUT2D eigenvalue weighted by Gasteiger charge is -2.32. The second kappa shape index (κ2) is 8.03. The second-order valence-electron chi connectivity index (χ2n) is 7.69. The van der Waals surface area contributed by atoms with Crippen LogP contribution in [0.5, 0.6) is 0 Å². The molecule has 0 spiro atoms. The summed E-state index contributed by atoms with van der Waals surface area (Å²) in [5, 5.41) is 4.53. The fourth-order valence-corrected chi connectivity index (χ4v) is 4.05. The van der Waals surface area contributed by atoms with Crippen molar-refractivity contribution in [2.45, 2.75) is 32.2 Å². The largest absolute Gasteiger partial charge is 0.459 e. The number of furan rings is 1. The third-order valence-electron chi connectivity index (χ3n) is 5.45. The predicted molar refractivity (Wildman–Crippen MR) is 109 cm³/mol. The molecule has 146 valence electrons. The molecule has 1 heterocycles. The van der Waals surface area contributed by atoms with E-state index in [4.69, 9.17) is 4.42 Å². The maximum atomic E-state index is 12.7. The lowest BCUT2D eigenvalue weighted by molar-refractivity contribution is -0.138. The zero-order valence-corrected chi connectivity index (χ0v) is 16.8. The van der Waals surface area contributed by atoms with Crippen LogP contribution in [-0.2, 0) is 11.3 Å². The van der Waals surface area contributed by atoms with Gasteiger partial charge in [-0.05, 0) is 25.0 Å². The van der Waals surface area contributed by atoms with Crippen molar-refractivity contribution < 1.29 is 9.21 Å². The topological polar surface area (TPSA) is 61.1 Å². The molecule has 0 radical (unpaired) electrons. The third kappa shape index (κ3) is 4.10. The minimum Gasteiger partial charge on any atom is -0.459 e. The van der Waals surface area contributed by atoms with Crippen LogP contribution in [0.25, 0.3) is 11.0 Å². The summed E-state index contributed by atoms with van der Waals surface area (Å²) in [5.41, 5.74) is 0.574. The number of benzene rings is 1. The first-order valence-electron chi connectivity index (χ1n) is 9.56. The first kappa shape index (κ1) is 19.3. The van der Waals surface area contributed by atoms with Gasteiger partial charge in [-0.25, -0.2) is 0 Å². The number of nitrogens with one attached hydrogen (secondary N) is 1. The van der Waals surface area contributed by atoms with E-state index in [1.807, 2.05) is 50.3 Å². The number of para-hydroxylation sites is 1. The van der Waals surface area contributed by atoms with Crippen molar-refractivity contribution in [2.75, 3.05) is 34.7 Å². The van der Waals surface area contributed by atoms with Crippen LogP contribution in [0.2, 0.25) is 0 Å². The van der Waals surface area contributed by atoms with Gasteiger partial charge in [0.2, 0.25) is 5.91 Å². The first-order valence-corrected chi connectivity index (χ1v) is 9.56. The van der Waals surface area contributed by atoms with Crippen molar-refractivity contribution in [3.63, 3.8) is 0 Å². The summed E-state index contributed by atoms with van der Waals surface area (Å²) in [4.78, 5) is 20.9. The van der Waals surface area contributed by atoms with Crippen molar-refractivity contribution in [3.05, 3.63) is 36.1 Å². The van der Waals surface area contributed by atoms with Gasteiger partial charge in [0.25, 0.3) is 0 Å². The first-order chi connectivity index (χ1) is 12.9. The average molecular weight is 370 g/mol. The Balaban J connectivity index is 1.66. The smallest absolute Gasteiger partial charge is 0.230 e. The molecular weight excluding hydrogens is 340 g/mol. The maximum absolute atomic E-state index is 12.7. The number of hydrogen-bond donors (Lipinski definition) is 1. The van der Waals surface area contributed by atoms with E-state index in [1.54, 1.807) is 11.9 Å². The van der Waals surface area contributed by atoms with Crippen molar-refractivity contribution in [1.29, 1.82) is 0 Å². The lowest BCUT2D eigenvalue weighted by atomic mass is 9.84. The molecule has 1 aromatic carbocycles. The highest BCUT2D eigenvalue weighted by molar-refractivity contribution is 5.85. The Labute approximate surface area is 161 Å². The molecule has 3 rings (SSSR count). The molecule has 0 aliphatic heterocycles. The molecule has 0 atom stereocenters. The van der Waals surface area contributed by atoms with Crippen LogP contribution in [0, 0.1) is 5.41 Å². The molecule has 0 bridgehead atoms. The zero-order valence-electron chi connectivity index (χ0n) is 16.8. The number of hydrogen-bond acceptors (Lipinski definition) is 3. The van der Waals surface area contributed by atoms with E-state index in [2.05, 4.69) is 16.4 Å². The number of aliphatic imine (C=N–C) groups is 1. The van der Waals surface area contributed by atoms with E-state index in [9.17, 15) is 4.79 Å². The summed E-state index contributed by atoms with van der Waals surface area (Å²) >= 11 is 0. The van der Waals surface area contributed by atoms with Crippen molar-refractivity contribution in [2.24, 2.45) is 10.4 Å². The van der Waals surface area contributed by atoms with Gasteiger partial charge in [-0.2, -0.15) is 0 Å². The summed E-state index contributed by atoms with van der Waals surface area (Å²) < 4.78 is 5.92. The summed E-state index contributed by atoms with van der Waals surface area (Å²) in [7, 11) is 7.43. The van der Waals surface area contributed by atoms with Gasteiger partial charge in [-0.15, -0.1) is 0 Å². The molecule has 1 N–H and O–H groups in total. The number of carbonyl (C=O) groups is 1. The number of fused-ring (bicyclic) bond motifs is 1. The number of nitrogens with zero attached hydrogens (tertiary/aromatic N) is 3. The normalized spacial score (nSPS) is 16.5. The van der Waals surface area contributed by atoms with Gasteiger partial charge in [-0.1, -0.05) is 31.0 Å². The van der Waals surface area contributed by atoms with Crippen molar-refractivity contribution in [3.8, 4) is 0 Å². The zero-order chi connectivity index (χ0) is 19.4. The Morgan fingerprint density at radius 1 is 1.22 bits per heavy atom. The van der Waals surface area contributed by atoms with Crippen LogP contribution in [0.15, 0.2) is 39.7 Å². The summed E-state index contributed by atoms with van der Waals surface area (Å²) in [6.07, 6.45) is 4.08.